The van der Waals surface area contributed by atoms with Crippen LogP contribution in [-0.4, -0.2) is 207 Å². The molecule has 0 aliphatic rings. The summed E-state index contributed by atoms with van der Waals surface area (Å²) in [6.45, 7) is 6.46. The van der Waals surface area contributed by atoms with Gasteiger partial charge in [0.1, 0.15) is 60.4 Å². The fourth-order valence-corrected chi connectivity index (χ4v) is 7.83. The highest BCUT2D eigenvalue weighted by atomic mass is 16.4. The highest BCUT2D eigenvalue weighted by Crippen LogP contribution is 2.11. The molecule has 0 aromatic rings. The lowest BCUT2D eigenvalue weighted by Crippen LogP contribution is -2.61. The van der Waals surface area contributed by atoms with Gasteiger partial charge in [-0.25, -0.2) is 4.79 Å². The van der Waals surface area contributed by atoms with Gasteiger partial charge in [0.15, 0.2) is 11.9 Å². The summed E-state index contributed by atoms with van der Waals surface area (Å²) in [5.74, 6) is -20.1. The summed E-state index contributed by atoms with van der Waals surface area (Å²) in [6, 6.07) is -17.4. The third-order valence-corrected chi connectivity index (χ3v) is 12.8. The number of hydrogen-bond acceptors (Lipinski definition) is 19. The fourth-order valence-electron chi connectivity index (χ4n) is 7.83. The summed E-state index contributed by atoms with van der Waals surface area (Å²) >= 11 is 0. The first-order valence-electron chi connectivity index (χ1n) is 28.3. The number of carboxylic acids is 4. The normalized spacial score (nSPS) is 14.5. The Bertz CT molecular complexity index is 2610. The van der Waals surface area contributed by atoms with E-state index in [2.05, 4.69) is 63.8 Å². The second-order valence-corrected chi connectivity index (χ2v) is 21.0. The maximum absolute atomic E-state index is 14.2. The van der Waals surface area contributed by atoms with E-state index in [0.29, 0.717) is 0 Å². The number of carboxylic acid groups (broad SMARTS) is 4. The molecule has 0 spiro atoms. The van der Waals surface area contributed by atoms with Gasteiger partial charge in [0, 0.05) is 45.2 Å². The van der Waals surface area contributed by atoms with E-state index in [1.807, 2.05) is 0 Å². The molecule has 39 nitrogen and oxygen atoms in total. The Labute approximate surface area is 515 Å². The number of nitrogens with two attached hydrogens (primary N) is 5. The van der Waals surface area contributed by atoms with Gasteiger partial charge < -0.3 is 113 Å². The third kappa shape index (κ3) is 33.8. The van der Waals surface area contributed by atoms with Gasteiger partial charge in [0.2, 0.25) is 70.9 Å². The number of rotatable bonds is 45. The Morgan fingerprint density at radius 2 is 0.611 bits per heavy atom. The Hall–Kier alpha value is -9.98. The average Bonchev–Trinajstić information content (AvgIpc) is 1.22. The molecule has 0 bridgehead atoms. The SMILES string of the molecule is CC(C)[C@H](NC(=O)[C@H](CCCNC(=N)N)NC(=O)[C@H](C)NC(=O)[C@H](CCCNC(=N)N)NC(=O)[C@H](CCC(N)=O)NC(=O)[C@H](C)NC(=O)[C@H](CCC(=O)O)NC(=O)[C@H](C)N)C(=O)N[C@@H](CCC(=O)O)C(=O)N[C@@H](CCC(=O)O)C(=O)N[C@@H](CCC(N)=O)C(=O)O. The molecule has 11 atom stereocenters. The predicted octanol–water partition coefficient (Wildman–Crippen LogP) is -8.39. The molecule has 0 aromatic heterocycles. The summed E-state index contributed by atoms with van der Waals surface area (Å²) in [5.41, 5.74) is 26.8. The molecule has 39 heteroatoms. The Morgan fingerprint density at radius 1 is 0.344 bits per heavy atom. The molecule has 28 N–H and O–H groups in total. The van der Waals surface area contributed by atoms with Crippen molar-refractivity contribution in [1.82, 2.24) is 63.8 Å². The van der Waals surface area contributed by atoms with Crippen molar-refractivity contribution < 1.29 is 97.1 Å². The minimum absolute atomic E-state index is 0.00428. The van der Waals surface area contributed by atoms with Gasteiger partial charge in [-0.05, 0) is 84.5 Å². The molecule has 12 amide bonds. The lowest BCUT2D eigenvalue weighted by molar-refractivity contribution is -0.143. The standard InChI is InChI=1S/C51H87N19O20/c1-22(2)38(48(88)68-31(14-19-37(77)78)45(85)67-30(13-18-36(75)76)46(86)69-32(49(89)90)11-16-34(54)72)70-47(87)27(9-7-21-60-51(57)58)64-40(80)24(4)61-42(82)26(8-6-20-59-50(55)56)66-44(84)28(10-15-33(53)71)65-41(81)25(5)62-43(83)29(12-17-35(73)74)63-39(79)23(3)52/h22-32,38H,6-21,52H2,1-5H3,(H2,53,71)(H2,54,72)(H,61,82)(H,62,83)(H,63,79)(H,64,80)(H,65,81)(H,66,84)(H,67,85)(H,68,88)(H,69,86)(H,70,87)(H,73,74)(H,75,76)(H,77,78)(H,89,90)(H4,55,56,59)(H4,57,58,60)/t23-,24-,25-,26-,27-,28-,29-,30-,31-,32-,38-/m0/s1. The van der Waals surface area contributed by atoms with Crippen molar-refractivity contribution in [2.45, 2.75) is 191 Å². The second kappa shape index (κ2) is 41.2. The first kappa shape index (κ1) is 80.0. The van der Waals surface area contributed by atoms with Crippen molar-refractivity contribution in [3.63, 3.8) is 0 Å². The van der Waals surface area contributed by atoms with Gasteiger partial charge >= 0.3 is 23.9 Å². The number of carbonyl (C=O) groups is 16. The van der Waals surface area contributed by atoms with Crippen LogP contribution in [0, 0.1) is 16.7 Å². The summed E-state index contributed by atoms with van der Waals surface area (Å²) in [5, 5.41) is 80.9. The Kier molecular flexibility index (Phi) is 36.7. The van der Waals surface area contributed by atoms with Crippen molar-refractivity contribution in [3.8, 4) is 0 Å². The molecular weight excluding hydrogens is 1200 g/mol. The molecule has 0 heterocycles. The first-order chi connectivity index (χ1) is 41.9. The lowest BCUT2D eigenvalue weighted by Gasteiger charge is -2.29. The van der Waals surface area contributed by atoms with E-state index in [9.17, 15) is 97.1 Å². The molecule has 90 heavy (non-hydrogen) atoms. The molecule has 0 aromatic carbocycles. The quantitative estimate of drug-likeness (QED) is 0.0153. The number of guanidine groups is 2. The molecule has 0 unspecified atom stereocenters. The zero-order chi connectivity index (χ0) is 69.1. The largest absolute Gasteiger partial charge is 0.481 e. The van der Waals surface area contributed by atoms with Crippen molar-refractivity contribution in [2.24, 2.45) is 34.6 Å². The molecule has 0 aliphatic heterocycles. The van der Waals surface area contributed by atoms with Gasteiger partial charge in [-0.2, -0.15) is 0 Å². The number of primary amides is 2. The molecular formula is C51H87N19O20. The van der Waals surface area contributed by atoms with E-state index in [1.165, 1.54) is 34.6 Å². The van der Waals surface area contributed by atoms with E-state index >= 15 is 0 Å². The van der Waals surface area contributed by atoms with Crippen LogP contribution in [0.25, 0.3) is 0 Å². The van der Waals surface area contributed by atoms with E-state index in [1.54, 1.807) is 0 Å². The summed E-state index contributed by atoms with van der Waals surface area (Å²) in [6.07, 6.45) is -6.30. The Morgan fingerprint density at radius 3 is 0.911 bits per heavy atom. The summed E-state index contributed by atoms with van der Waals surface area (Å²) in [4.78, 5) is 206. The van der Waals surface area contributed by atoms with Crippen LogP contribution in [0.1, 0.15) is 125 Å². The third-order valence-electron chi connectivity index (χ3n) is 12.8. The van der Waals surface area contributed by atoms with E-state index in [-0.39, 0.29) is 38.8 Å². The number of hydrogen-bond donors (Lipinski definition) is 23. The molecule has 0 saturated carbocycles. The van der Waals surface area contributed by atoms with Crippen LogP contribution in [0.2, 0.25) is 0 Å². The van der Waals surface area contributed by atoms with Crippen LogP contribution in [0.15, 0.2) is 0 Å². The number of carbonyl (C=O) groups excluding carboxylic acids is 12. The van der Waals surface area contributed by atoms with E-state index in [4.69, 9.17) is 39.5 Å². The minimum atomic E-state index is -1.82. The van der Waals surface area contributed by atoms with Crippen LogP contribution in [0.4, 0.5) is 0 Å². The zero-order valence-corrected chi connectivity index (χ0v) is 50.4. The smallest absolute Gasteiger partial charge is 0.326 e. The number of aliphatic carboxylic acids is 4. The first-order valence-corrected chi connectivity index (χ1v) is 28.3. The van der Waals surface area contributed by atoms with Crippen LogP contribution in [0.3, 0.4) is 0 Å². The van der Waals surface area contributed by atoms with Gasteiger partial charge in [-0.15, -0.1) is 0 Å². The van der Waals surface area contributed by atoms with Gasteiger partial charge in [-0.3, -0.25) is 82.7 Å². The second-order valence-electron chi connectivity index (χ2n) is 21.0. The highest BCUT2D eigenvalue weighted by molar-refractivity contribution is 5.99. The van der Waals surface area contributed by atoms with Crippen molar-refractivity contribution in [2.75, 3.05) is 13.1 Å². The molecule has 0 aliphatic carbocycles. The summed E-state index contributed by atoms with van der Waals surface area (Å²) in [7, 11) is 0. The van der Waals surface area contributed by atoms with Gasteiger partial charge in [0.25, 0.3) is 0 Å². The van der Waals surface area contributed by atoms with Crippen LogP contribution in [0.5, 0.6) is 0 Å². The fraction of sp³-hybridized carbons (Fsp3) is 0.647. The predicted molar refractivity (Wildman–Crippen MR) is 313 cm³/mol. The highest BCUT2D eigenvalue weighted by Gasteiger charge is 2.36. The maximum Gasteiger partial charge on any atom is 0.326 e. The van der Waals surface area contributed by atoms with Crippen molar-refractivity contribution >= 4 is 107 Å². The van der Waals surface area contributed by atoms with E-state index in [0.717, 1.165) is 0 Å². The monoisotopic (exact) mass is 1290 g/mol. The number of nitrogens with one attached hydrogen (secondary N) is 14. The minimum Gasteiger partial charge on any atom is -0.481 e. The van der Waals surface area contributed by atoms with Crippen molar-refractivity contribution in [3.05, 3.63) is 0 Å². The summed E-state index contributed by atoms with van der Waals surface area (Å²) < 4.78 is 0. The molecule has 0 rings (SSSR count). The lowest BCUT2D eigenvalue weighted by atomic mass is 10.0. The molecule has 0 radical (unpaired) electrons. The Balaban J connectivity index is 6.88. The zero-order valence-electron chi connectivity index (χ0n) is 50.4. The maximum atomic E-state index is 14.2. The molecule has 506 valence electrons. The van der Waals surface area contributed by atoms with Gasteiger partial charge in [-0.1, -0.05) is 13.8 Å². The van der Waals surface area contributed by atoms with Crippen LogP contribution < -0.4 is 92.5 Å². The average molecular weight is 1290 g/mol. The van der Waals surface area contributed by atoms with Gasteiger partial charge in [0.05, 0.1) is 6.04 Å². The topological polar surface area (TPSA) is 676 Å². The van der Waals surface area contributed by atoms with Crippen molar-refractivity contribution in [1.29, 1.82) is 10.8 Å². The van der Waals surface area contributed by atoms with Crippen LogP contribution >= 0.6 is 0 Å². The molecule has 0 saturated heterocycles. The van der Waals surface area contributed by atoms with Crippen LogP contribution in [-0.2, 0) is 76.7 Å². The molecule has 0 fully saturated rings. The van der Waals surface area contributed by atoms with E-state index < -0.39 is 243 Å². The number of amides is 12.